The number of nitrogens with one attached hydrogen (secondary N) is 1. The first-order valence-electron chi connectivity index (χ1n) is 7.82. The minimum Gasteiger partial charge on any atom is -0.481 e. The van der Waals surface area contributed by atoms with Crippen LogP contribution in [-0.2, 0) is 14.4 Å². The molecule has 3 atom stereocenters. The minimum absolute atomic E-state index is 0.0662. The number of aliphatic carboxylic acids is 1. The topological polar surface area (TPSA) is 86.7 Å². The highest BCUT2D eigenvalue weighted by Crippen LogP contribution is 2.30. The summed E-state index contributed by atoms with van der Waals surface area (Å²) in [5, 5.41) is 11.9. The minimum atomic E-state index is -0.909. The number of nitrogens with zero attached hydrogens (tertiary/aromatic N) is 1. The quantitative estimate of drug-likeness (QED) is 0.810. The number of carboxylic acid groups (broad SMARTS) is 1. The molecule has 0 aromatic carbocycles. The van der Waals surface area contributed by atoms with E-state index in [1.165, 1.54) is 0 Å². The van der Waals surface area contributed by atoms with E-state index in [1.807, 2.05) is 0 Å². The molecule has 0 radical (unpaired) electrons. The maximum absolute atomic E-state index is 12.3. The molecular formula is C15H24N2O4. The van der Waals surface area contributed by atoms with Crippen molar-refractivity contribution in [2.45, 2.75) is 51.5 Å². The largest absolute Gasteiger partial charge is 0.481 e. The summed E-state index contributed by atoms with van der Waals surface area (Å²) in [6.45, 7) is 3.18. The Morgan fingerprint density at radius 2 is 1.62 bits per heavy atom. The molecule has 2 rings (SSSR count). The van der Waals surface area contributed by atoms with Crippen LogP contribution >= 0.6 is 0 Å². The van der Waals surface area contributed by atoms with Crippen LogP contribution < -0.4 is 5.32 Å². The van der Waals surface area contributed by atoms with Gasteiger partial charge in [0.1, 0.15) is 6.04 Å². The normalized spacial score (nSPS) is 27.2. The molecular weight excluding hydrogens is 272 g/mol. The van der Waals surface area contributed by atoms with Crippen LogP contribution in [0.15, 0.2) is 0 Å². The molecule has 1 saturated heterocycles. The van der Waals surface area contributed by atoms with Gasteiger partial charge in [0.05, 0.1) is 11.8 Å². The fourth-order valence-corrected chi connectivity index (χ4v) is 3.33. The van der Waals surface area contributed by atoms with Crippen molar-refractivity contribution in [1.29, 1.82) is 0 Å². The molecule has 6 nitrogen and oxygen atoms in total. The fraction of sp³-hybridized carbons (Fsp3) is 0.800. The smallest absolute Gasteiger partial charge is 0.307 e. The standard InChI is InChI=1S/C15H24N2O4/c1-10(14(19)17-8-4-5-9-17)16-13(18)11-6-2-3-7-12(11)15(20)21/h10-12H,2-9H2,1H3,(H,16,18)(H,20,21). The van der Waals surface area contributed by atoms with Crippen LogP contribution in [0.4, 0.5) is 0 Å². The van der Waals surface area contributed by atoms with E-state index in [-0.39, 0.29) is 11.8 Å². The van der Waals surface area contributed by atoms with Gasteiger partial charge < -0.3 is 15.3 Å². The molecule has 2 fully saturated rings. The van der Waals surface area contributed by atoms with E-state index in [1.54, 1.807) is 11.8 Å². The molecule has 1 heterocycles. The second kappa shape index (κ2) is 6.91. The van der Waals surface area contributed by atoms with Crippen molar-refractivity contribution in [3.8, 4) is 0 Å². The zero-order valence-corrected chi connectivity index (χ0v) is 12.5. The molecule has 0 aromatic rings. The third-order valence-corrected chi connectivity index (χ3v) is 4.57. The summed E-state index contributed by atoms with van der Waals surface area (Å²) in [5.74, 6) is -2.39. The van der Waals surface area contributed by atoms with E-state index in [2.05, 4.69) is 5.32 Å². The van der Waals surface area contributed by atoms with Crippen LogP contribution in [0.3, 0.4) is 0 Å². The lowest BCUT2D eigenvalue weighted by Gasteiger charge is -2.29. The lowest BCUT2D eigenvalue weighted by molar-refractivity contribution is -0.149. The van der Waals surface area contributed by atoms with E-state index in [0.29, 0.717) is 12.8 Å². The van der Waals surface area contributed by atoms with Gasteiger partial charge in [-0.3, -0.25) is 14.4 Å². The third-order valence-electron chi connectivity index (χ3n) is 4.57. The van der Waals surface area contributed by atoms with Gasteiger partial charge >= 0.3 is 5.97 Å². The lowest BCUT2D eigenvalue weighted by Crippen LogP contribution is -2.49. The van der Waals surface area contributed by atoms with E-state index in [9.17, 15) is 19.5 Å². The van der Waals surface area contributed by atoms with Gasteiger partial charge in [0, 0.05) is 13.1 Å². The molecule has 2 amide bonds. The number of hydrogen-bond acceptors (Lipinski definition) is 3. The molecule has 2 N–H and O–H groups in total. The third kappa shape index (κ3) is 3.74. The highest BCUT2D eigenvalue weighted by Gasteiger charge is 2.37. The summed E-state index contributed by atoms with van der Waals surface area (Å²) in [6.07, 6.45) is 4.88. The average molecular weight is 296 g/mol. The summed E-state index contributed by atoms with van der Waals surface area (Å²) in [6, 6.07) is -0.577. The first kappa shape index (κ1) is 15.8. The van der Waals surface area contributed by atoms with Crippen molar-refractivity contribution >= 4 is 17.8 Å². The number of likely N-dealkylation sites (tertiary alicyclic amines) is 1. The molecule has 0 spiro atoms. The van der Waals surface area contributed by atoms with Gasteiger partial charge in [-0.1, -0.05) is 12.8 Å². The summed E-state index contributed by atoms with van der Waals surface area (Å²) in [7, 11) is 0. The predicted octanol–water partition coefficient (Wildman–Crippen LogP) is 1.00. The van der Waals surface area contributed by atoms with E-state index in [0.717, 1.165) is 38.8 Å². The van der Waals surface area contributed by atoms with Crippen LogP contribution in [-0.4, -0.2) is 46.9 Å². The Hall–Kier alpha value is -1.59. The number of carboxylic acids is 1. The summed E-state index contributed by atoms with van der Waals surface area (Å²) >= 11 is 0. The van der Waals surface area contributed by atoms with Crippen molar-refractivity contribution in [1.82, 2.24) is 10.2 Å². The summed E-state index contributed by atoms with van der Waals surface area (Å²) in [5.41, 5.74) is 0. The molecule has 0 bridgehead atoms. The van der Waals surface area contributed by atoms with Gasteiger partial charge in [-0.05, 0) is 32.6 Å². The van der Waals surface area contributed by atoms with Crippen LogP contribution in [0.5, 0.6) is 0 Å². The van der Waals surface area contributed by atoms with Crippen LogP contribution in [0, 0.1) is 11.8 Å². The Morgan fingerprint density at radius 1 is 1.05 bits per heavy atom. The van der Waals surface area contributed by atoms with Gasteiger partial charge in [0.15, 0.2) is 0 Å². The molecule has 3 unspecified atom stereocenters. The highest BCUT2D eigenvalue weighted by molar-refractivity contribution is 5.90. The maximum atomic E-state index is 12.3. The number of amides is 2. The Bertz CT molecular complexity index is 418. The van der Waals surface area contributed by atoms with Crippen molar-refractivity contribution < 1.29 is 19.5 Å². The predicted molar refractivity (Wildman–Crippen MR) is 76.5 cm³/mol. The monoisotopic (exact) mass is 296 g/mol. The van der Waals surface area contributed by atoms with E-state index in [4.69, 9.17) is 0 Å². The Labute approximate surface area is 124 Å². The van der Waals surface area contributed by atoms with Crippen LogP contribution in [0.25, 0.3) is 0 Å². The maximum Gasteiger partial charge on any atom is 0.307 e. The summed E-state index contributed by atoms with van der Waals surface area (Å²) in [4.78, 5) is 37.5. The van der Waals surface area contributed by atoms with E-state index >= 15 is 0 Å². The van der Waals surface area contributed by atoms with Gasteiger partial charge in [-0.2, -0.15) is 0 Å². The number of carbonyl (C=O) groups excluding carboxylic acids is 2. The van der Waals surface area contributed by atoms with Crippen molar-refractivity contribution in [3.63, 3.8) is 0 Å². The van der Waals surface area contributed by atoms with Gasteiger partial charge in [0.25, 0.3) is 0 Å². The first-order chi connectivity index (χ1) is 10.0. The molecule has 1 aliphatic carbocycles. The highest BCUT2D eigenvalue weighted by atomic mass is 16.4. The SMILES string of the molecule is CC(NC(=O)C1CCCCC1C(=O)O)C(=O)N1CCCC1. The van der Waals surface area contributed by atoms with Gasteiger partial charge in [-0.15, -0.1) is 0 Å². The zero-order chi connectivity index (χ0) is 15.4. The molecule has 1 saturated carbocycles. The Kier molecular flexibility index (Phi) is 5.20. The molecule has 6 heteroatoms. The Morgan fingerprint density at radius 3 is 2.19 bits per heavy atom. The Balaban J connectivity index is 1.92. The molecule has 21 heavy (non-hydrogen) atoms. The number of rotatable bonds is 4. The molecule has 2 aliphatic rings. The first-order valence-corrected chi connectivity index (χ1v) is 7.82. The van der Waals surface area contributed by atoms with Crippen molar-refractivity contribution in [2.75, 3.05) is 13.1 Å². The van der Waals surface area contributed by atoms with Crippen molar-refractivity contribution in [2.24, 2.45) is 11.8 Å². The lowest BCUT2D eigenvalue weighted by atomic mass is 9.78. The number of carbonyl (C=O) groups is 3. The van der Waals surface area contributed by atoms with Crippen LogP contribution in [0.2, 0.25) is 0 Å². The van der Waals surface area contributed by atoms with Gasteiger partial charge in [0.2, 0.25) is 11.8 Å². The van der Waals surface area contributed by atoms with E-state index < -0.39 is 23.8 Å². The second-order valence-corrected chi connectivity index (χ2v) is 6.10. The summed E-state index contributed by atoms with van der Waals surface area (Å²) < 4.78 is 0. The van der Waals surface area contributed by atoms with Crippen LogP contribution in [0.1, 0.15) is 45.4 Å². The molecule has 1 aliphatic heterocycles. The zero-order valence-electron chi connectivity index (χ0n) is 12.5. The molecule has 0 aromatic heterocycles. The molecule has 118 valence electrons. The second-order valence-electron chi connectivity index (χ2n) is 6.10. The van der Waals surface area contributed by atoms with Gasteiger partial charge in [-0.25, -0.2) is 0 Å². The van der Waals surface area contributed by atoms with Crippen molar-refractivity contribution in [3.05, 3.63) is 0 Å². The average Bonchev–Trinajstić information content (AvgIpc) is 3.00. The fourth-order valence-electron chi connectivity index (χ4n) is 3.33. The number of hydrogen-bond donors (Lipinski definition) is 2.